The Morgan fingerprint density at radius 1 is 1.35 bits per heavy atom. The summed E-state index contributed by atoms with van der Waals surface area (Å²) in [6, 6.07) is 7.27. The minimum Gasteiger partial charge on any atom is -0.370 e. The second kappa shape index (κ2) is 10.6. The largest absolute Gasteiger partial charge is 0.411 e. The molecule has 1 aliphatic rings. The summed E-state index contributed by atoms with van der Waals surface area (Å²) in [4.78, 5) is 6.89. The van der Waals surface area contributed by atoms with E-state index in [1.165, 1.54) is 0 Å². The van der Waals surface area contributed by atoms with E-state index in [2.05, 4.69) is 15.3 Å². The quantitative estimate of drug-likeness (QED) is 0.531. The fraction of sp³-hybridized carbons (Fsp3) is 0.524. The lowest BCUT2D eigenvalue weighted by atomic mass is 10.1. The van der Waals surface area contributed by atoms with Crippen LogP contribution < -0.4 is 5.32 Å². The van der Waals surface area contributed by atoms with Gasteiger partial charge in [-0.15, -0.1) is 0 Å². The zero-order chi connectivity index (χ0) is 22.3. The average molecular weight is 439 g/mol. The van der Waals surface area contributed by atoms with Gasteiger partial charge in [0, 0.05) is 31.9 Å². The molecule has 1 saturated heterocycles. The fourth-order valence-corrected chi connectivity index (χ4v) is 3.34. The summed E-state index contributed by atoms with van der Waals surface area (Å²) in [6.45, 7) is 3.74. The number of nitrogens with zero attached hydrogens (tertiary/aromatic N) is 4. The third-order valence-corrected chi connectivity index (χ3v) is 4.73. The van der Waals surface area contributed by atoms with Crippen molar-refractivity contribution in [3.8, 4) is 0 Å². The molecule has 0 spiro atoms. The van der Waals surface area contributed by atoms with Gasteiger partial charge in [-0.1, -0.05) is 24.3 Å². The number of guanidine groups is 1. The number of rotatable bonds is 7. The summed E-state index contributed by atoms with van der Waals surface area (Å²) >= 11 is 0. The van der Waals surface area contributed by atoms with Crippen LogP contribution in [-0.2, 0) is 29.7 Å². The third kappa shape index (κ3) is 7.25. The number of benzene rings is 1. The Morgan fingerprint density at radius 2 is 2.16 bits per heavy atom. The van der Waals surface area contributed by atoms with Crippen LogP contribution in [0.5, 0.6) is 0 Å². The molecule has 1 unspecified atom stereocenters. The lowest BCUT2D eigenvalue weighted by Crippen LogP contribution is -2.48. The minimum atomic E-state index is -4.32. The highest BCUT2D eigenvalue weighted by Crippen LogP contribution is 2.22. The van der Waals surface area contributed by atoms with E-state index in [0.29, 0.717) is 31.8 Å². The molecule has 0 saturated carbocycles. The molecule has 0 radical (unpaired) electrons. The molecule has 1 aromatic carbocycles. The van der Waals surface area contributed by atoms with Crippen LogP contribution in [0.3, 0.4) is 0 Å². The number of hydrogen-bond donors (Lipinski definition) is 1. The monoisotopic (exact) mass is 439 g/mol. The normalized spacial score (nSPS) is 17.8. The van der Waals surface area contributed by atoms with Crippen molar-refractivity contribution in [3.05, 3.63) is 53.3 Å². The maximum Gasteiger partial charge on any atom is 0.411 e. The van der Waals surface area contributed by atoms with Crippen molar-refractivity contribution >= 4 is 5.96 Å². The average Bonchev–Trinajstić information content (AvgIpc) is 3.17. The van der Waals surface area contributed by atoms with Gasteiger partial charge in [-0.3, -0.25) is 4.68 Å². The van der Waals surface area contributed by atoms with Crippen LogP contribution in [0.2, 0.25) is 0 Å². The molecule has 0 amide bonds. The summed E-state index contributed by atoms with van der Waals surface area (Å²) in [5, 5.41) is 7.53. The van der Waals surface area contributed by atoms with Crippen LogP contribution in [0, 0.1) is 0 Å². The topological polar surface area (TPSA) is 63.9 Å². The smallest absolute Gasteiger partial charge is 0.370 e. The molecule has 1 fully saturated rings. The number of halogens is 3. The maximum absolute atomic E-state index is 12.3. The number of aryl methyl sites for hydroxylation is 1. The summed E-state index contributed by atoms with van der Waals surface area (Å²) in [6.07, 6.45) is -0.649. The molecular weight excluding hydrogens is 411 g/mol. The highest BCUT2D eigenvalue weighted by molar-refractivity contribution is 5.80. The Bertz CT molecular complexity index is 869. The molecule has 1 atom stereocenters. The van der Waals surface area contributed by atoms with Crippen LogP contribution in [0.4, 0.5) is 13.2 Å². The van der Waals surface area contributed by atoms with E-state index < -0.39 is 12.8 Å². The molecule has 0 bridgehead atoms. The van der Waals surface area contributed by atoms with Crippen LogP contribution in [0.1, 0.15) is 29.7 Å². The highest BCUT2D eigenvalue weighted by atomic mass is 19.4. The minimum absolute atomic E-state index is 0.0829. The van der Waals surface area contributed by atoms with Gasteiger partial charge in [-0.25, -0.2) is 4.99 Å². The van der Waals surface area contributed by atoms with Crippen molar-refractivity contribution in [2.24, 2.45) is 12.0 Å². The van der Waals surface area contributed by atoms with Gasteiger partial charge in [0.1, 0.15) is 12.7 Å². The van der Waals surface area contributed by atoms with Gasteiger partial charge in [0.25, 0.3) is 0 Å². The second-order valence-corrected chi connectivity index (χ2v) is 7.35. The SMILES string of the molecule is CCNC(=NCc1cccc(COCC(F)(F)F)c1)N1CCOC(c2cnn(C)c2)C1. The molecule has 2 heterocycles. The first kappa shape index (κ1) is 23.1. The van der Waals surface area contributed by atoms with E-state index in [9.17, 15) is 13.2 Å². The molecule has 170 valence electrons. The van der Waals surface area contributed by atoms with Crippen molar-refractivity contribution in [1.82, 2.24) is 20.0 Å². The molecule has 0 aliphatic carbocycles. The molecular formula is C21H28F3N5O2. The number of aromatic nitrogens is 2. The van der Waals surface area contributed by atoms with Gasteiger partial charge < -0.3 is 19.7 Å². The zero-order valence-electron chi connectivity index (χ0n) is 17.7. The molecule has 2 aromatic rings. The Balaban J connectivity index is 1.63. The molecule has 10 heteroatoms. The van der Waals surface area contributed by atoms with Crippen molar-refractivity contribution in [2.75, 3.05) is 32.8 Å². The van der Waals surface area contributed by atoms with E-state index in [-0.39, 0.29) is 12.7 Å². The van der Waals surface area contributed by atoms with Crippen LogP contribution >= 0.6 is 0 Å². The summed E-state index contributed by atoms with van der Waals surface area (Å²) in [5.41, 5.74) is 2.61. The number of hydrogen-bond acceptors (Lipinski definition) is 4. The second-order valence-electron chi connectivity index (χ2n) is 7.35. The van der Waals surface area contributed by atoms with Gasteiger partial charge in [0.05, 0.1) is 32.5 Å². The maximum atomic E-state index is 12.3. The lowest BCUT2D eigenvalue weighted by Gasteiger charge is -2.34. The first-order valence-electron chi connectivity index (χ1n) is 10.2. The first-order valence-corrected chi connectivity index (χ1v) is 10.2. The van der Waals surface area contributed by atoms with Gasteiger partial charge in [-0.2, -0.15) is 18.3 Å². The van der Waals surface area contributed by atoms with Crippen molar-refractivity contribution in [3.63, 3.8) is 0 Å². The fourth-order valence-electron chi connectivity index (χ4n) is 3.34. The Hall–Kier alpha value is -2.59. The zero-order valence-corrected chi connectivity index (χ0v) is 17.7. The molecule has 3 rings (SSSR count). The molecule has 31 heavy (non-hydrogen) atoms. The van der Waals surface area contributed by atoms with Crippen LogP contribution in [-0.4, -0.2) is 59.7 Å². The molecule has 1 aromatic heterocycles. The summed E-state index contributed by atoms with van der Waals surface area (Å²) in [5.74, 6) is 0.776. The molecule has 7 nitrogen and oxygen atoms in total. The van der Waals surface area contributed by atoms with Crippen molar-refractivity contribution < 1.29 is 22.6 Å². The number of alkyl halides is 3. The number of ether oxygens (including phenoxy) is 2. The predicted molar refractivity (Wildman–Crippen MR) is 110 cm³/mol. The Kier molecular flexibility index (Phi) is 7.91. The Morgan fingerprint density at radius 3 is 2.87 bits per heavy atom. The molecule has 1 N–H and O–H groups in total. The van der Waals surface area contributed by atoms with E-state index >= 15 is 0 Å². The predicted octanol–water partition coefficient (Wildman–Crippen LogP) is 3.04. The number of nitrogens with one attached hydrogen (secondary N) is 1. The summed E-state index contributed by atoms with van der Waals surface area (Å²) in [7, 11) is 1.87. The van der Waals surface area contributed by atoms with Gasteiger partial charge >= 0.3 is 6.18 Å². The standard InChI is InChI=1S/C21H28F3N5O2/c1-3-25-20(29-7-8-31-19(13-29)18-11-27-28(2)12-18)26-10-16-5-4-6-17(9-16)14-30-15-21(22,23)24/h4-6,9,11-12,19H,3,7-8,10,13-15H2,1-2H3,(H,25,26). The number of aliphatic imine (C=N–C) groups is 1. The van der Waals surface area contributed by atoms with E-state index in [1.807, 2.05) is 38.5 Å². The Labute approximate surface area is 179 Å². The van der Waals surface area contributed by atoms with E-state index in [4.69, 9.17) is 14.5 Å². The van der Waals surface area contributed by atoms with Gasteiger partial charge in [0.2, 0.25) is 0 Å². The lowest BCUT2D eigenvalue weighted by molar-refractivity contribution is -0.176. The summed E-state index contributed by atoms with van der Waals surface area (Å²) < 4.78 is 49.2. The van der Waals surface area contributed by atoms with E-state index in [0.717, 1.165) is 23.6 Å². The van der Waals surface area contributed by atoms with Gasteiger partial charge in [0.15, 0.2) is 5.96 Å². The van der Waals surface area contributed by atoms with Crippen LogP contribution in [0.25, 0.3) is 0 Å². The van der Waals surface area contributed by atoms with Crippen molar-refractivity contribution in [1.29, 1.82) is 0 Å². The van der Waals surface area contributed by atoms with Crippen LogP contribution in [0.15, 0.2) is 41.7 Å². The first-order chi connectivity index (χ1) is 14.8. The highest BCUT2D eigenvalue weighted by Gasteiger charge is 2.27. The number of morpholine rings is 1. The van der Waals surface area contributed by atoms with E-state index in [1.54, 1.807) is 16.8 Å². The molecule has 1 aliphatic heterocycles. The van der Waals surface area contributed by atoms with Crippen molar-refractivity contribution in [2.45, 2.75) is 32.4 Å². The third-order valence-electron chi connectivity index (χ3n) is 4.73. The van der Waals surface area contributed by atoms with Gasteiger partial charge in [-0.05, 0) is 18.1 Å².